The number of amides is 2. The molecule has 0 unspecified atom stereocenters. The number of thioether (sulfide) groups is 1. The van der Waals surface area contributed by atoms with Crippen molar-refractivity contribution in [2.75, 3.05) is 11.1 Å². The van der Waals surface area contributed by atoms with E-state index in [9.17, 15) is 18.4 Å². The summed E-state index contributed by atoms with van der Waals surface area (Å²) >= 11 is 1.07. The minimum absolute atomic E-state index is 0.0813. The zero-order valence-corrected chi connectivity index (χ0v) is 17.4. The molecule has 7 nitrogen and oxygen atoms in total. The van der Waals surface area contributed by atoms with Crippen LogP contribution in [0.15, 0.2) is 72.0 Å². The van der Waals surface area contributed by atoms with Crippen LogP contribution in [0.4, 0.5) is 14.5 Å². The van der Waals surface area contributed by atoms with Crippen LogP contribution in [0.5, 0.6) is 0 Å². The van der Waals surface area contributed by atoms with Crippen LogP contribution in [-0.4, -0.2) is 32.2 Å². The highest BCUT2D eigenvalue weighted by Crippen LogP contribution is 2.20. The maximum Gasteiger partial charge on any atom is 0.253 e. The van der Waals surface area contributed by atoms with Gasteiger partial charge >= 0.3 is 0 Å². The summed E-state index contributed by atoms with van der Waals surface area (Å²) in [6.07, 6.45) is 1.59. The average molecular weight is 453 g/mol. The molecule has 32 heavy (non-hydrogen) atoms. The highest BCUT2D eigenvalue weighted by Gasteiger charge is 2.14. The van der Waals surface area contributed by atoms with Crippen molar-refractivity contribution in [2.24, 2.45) is 0 Å². The molecule has 2 heterocycles. The number of pyridine rings is 1. The summed E-state index contributed by atoms with van der Waals surface area (Å²) in [6, 6.07) is 15.7. The van der Waals surface area contributed by atoms with Gasteiger partial charge in [0.25, 0.3) is 5.91 Å². The number of carbonyl (C=O) groups excluding carboxylic acids is 2. The second-order valence-electron chi connectivity index (χ2n) is 6.76. The molecule has 0 bridgehead atoms. The van der Waals surface area contributed by atoms with Gasteiger partial charge in [-0.15, -0.1) is 10.2 Å². The molecule has 2 amide bonds. The Balaban J connectivity index is 1.41. The molecule has 0 fully saturated rings. The van der Waals surface area contributed by atoms with Gasteiger partial charge in [-0.25, -0.2) is 8.78 Å². The van der Waals surface area contributed by atoms with E-state index in [2.05, 4.69) is 20.8 Å². The summed E-state index contributed by atoms with van der Waals surface area (Å²) in [6.45, 7) is 0.390. The molecule has 0 aliphatic rings. The van der Waals surface area contributed by atoms with Crippen molar-refractivity contribution in [2.45, 2.75) is 11.7 Å². The van der Waals surface area contributed by atoms with Gasteiger partial charge in [-0.05, 0) is 29.8 Å². The van der Waals surface area contributed by atoms with Gasteiger partial charge in [-0.2, -0.15) is 0 Å². The maximum atomic E-state index is 13.7. The number of benzene rings is 2. The predicted molar refractivity (Wildman–Crippen MR) is 116 cm³/mol. The largest absolute Gasteiger partial charge is 0.348 e. The Kier molecular flexibility index (Phi) is 6.41. The number of nitrogens with one attached hydrogen (secondary N) is 2. The SMILES string of the molecule is O=C(CSc1nnc2ccc(C(=O)NCc3ccccc3)cn12)Nc1ccc(F)cc1F. The van der Waals surface area contributed by atoms with Crippen LogP contribution in [0.1, 0.15) is 15.9 Å². The molecule has 0 radical (unpaired) electrons. The lowest BCUT2D eigenvalue weighted by atomic mass is 10.2. The first-order chi connectivity index (χ1) is 15.5. The smallest absolute Gasteiger partial charge is 0.253 e. The first-order valence-corrected chi connectivity index (χ1v) is 10.5. The van der Waals surface area contributed by atoms with Gasteiger partial charge in [-0.1, -0.05) is 42.1 Å². The minimum atomic E-state index is -0.859. The van der Waals surface area contributed by atoms with Crippen molar-refractivity contribution in [1.82, 2.24) is 19.9 Å². The van der Waals surface area contributed by atoms with E-state index < -0.39 is 17.5 Å². The third-order valence-electron chi connectivity index (χ3n) is 4.47. The van der Waals surface area contributed by atoms with Crippen molar-refractivity contribution in [1.29, 1.82) is 0 Å². The minimum Gasteiger partial charge on any atom is -0.348 e. The van der Waals surface area contributed by atoms with Gasteiger partial charge in [0, 0.05) is 18.8 Å². The lowest BCUT2D eigenvalue weighted by Gasteiger charge is -2.07. The first-order valence-electron chi connectivity index (χ1n) is 9.54. The second kappa shape index (κ2) is 9.56. The molecule has 162 valence electrons. The Hall–Kier alpha value is -3.79. The Labute approximate surface area is 185 Å². The number of fused-ring (bicyclic) bond motifs is 1. The zero-order chi connectivity index (χ0) is 22.5. The normalized spacial score (nSPS) is 10.8. The second-order valence-corrected chi connectivity index (χ2v) is 7.70. The third-order valence-corrected chi connectivity index (χ3v) is 5.41. The van der Waals surface area contributed by atoms with Crippen LogP contribution in [0.3, 0.4) is 0 Å². The average Bonchev–Trinajstić information content (AvgIpc) is 3.21. The molecule has 2 aromatic heterocycles. The standard InChI is InChI=1S/C22H17F2N5O2S/c23-16-7-8-18(17(24)10-16)26-20(30)13-32-22-28-27-19-9-6-15(12-29(19)22)21(31)25-11-14-4-2-1-3-5-14/h1-10,12H,11,13H2,(H,25,31)(H,26,30). The number of rotatable bonds is 7. The topological polar surface area (TPSA) is 88.4 Å². The number of nitrogens with zero attached hydrogens (tertiary/aromatic N) is 3. The first kappa shape index (κ1) is 21.4. The van der Waals surface area contributed by atoms with Crippen LogP contribution in [0.25, 0.3) is 5.65 Å². The molecule has 0 saturated carbocycles. The van der Waals surface area contributed by atoms with Crippen molar-refractivity contribution in [3.63, 3.8) is 0 Å². The summed E-state index contributed by atoms with van der Waals surface area (Å²) in [5.74, 6) is -2.42. The highest BCUT2D eigenvalue weighted by molar-refractivity contribution is 7.99. The van der Waals surface area contributed by atoms with Crippen LogP contribution >= 0.6 is 11.8 Å². The van der Waals surface area contributed by atoms with E-state index in [1.165, 1.54) is 0 Å². The molecule has 2 aromatic carbocycles. The summed E-state index contributed by atoms with van der Waals surface area (Å²) in [5, 5.41) is 13.7. The molecule has 0 atom stereocenters. The van der Waals surface area contributed by atoms with Crippen LogP contribution in [-0.2, 0) is 11.3 Å². The fourth-order valence-electron chi connectivity index (χ4n) is 2.89. The van der Waals surface area contributed by atoms with Crippen molar-refractivity contribution in [3.05, 3.63) is 89.6 Å². The molecule has 2 N–H and O–H groups in total. The van der Waals surface area contributed by atoms with E-state index in [4.69, 9.17) is 0 Å². The number of hydrogen-bond donors (Lipinski definition) is 2. The predicted octanol–water partition coefficient (Wildman–Crippen LogP) is 3.67. The maximum absolute atomic E-state index is 13.7. The number of aromatic nitrogens is 3. The summed E-state index contributed by atoms with van der Waals surface area (Å²) < 4.78 is 28.3. The highest BCUT2D eigenvalue weighted by atomic mass is 32.2. The molecule has 4 aromatic rings. The molecule has 0 aliphatic carbocycles. The Morgan fingerprint density at radius 1 is 1.00 bits per heavy atom. The molecule has 0 aliphatic heterocycles. The zero-order valence-electron chi connectivity index (χ0n) is 16.6. The van der Waals surface area contributed by atoms with Gasteiger partial charge < -0.3 is 10.6 Å². The molecule has 0 spiro atoms. The Morgan fingerprint density at radius 2 is 1.81 bits per heavy atom. The number of halogens is 2. The number of hydrogen-bond acceptors (Lipinski definition) is 5. The third kappa shape index (κ3) is 5.09. The van der Waals surface area contributed by atoms with Crippen LogP contribution in [0, 0.1) is 11.6 Å². The summed E-state index contributed by atoms with van der Waals surface area (Å²) in [7, 11) is 0. The molecule has 4 rings (SSSR count). The fourth-order valence-corrected chi connectivity index (χ4v) is 3.61. The van der Waals surface area contributed by atoms with Gasteiger partial charge in [-0.3, -0.25) is 14.0 Å². The van der Waals surface area contributed by atoms with Gasteiger partial charge in [0.2, 0.25) is 5.91 Å². The number of anilines is 1. The lowest BCUT2D eigenvalue weighted by Crippen LogP contribution is -2.23. The van der Waals surface area contributed by atoms with Crippen molar-refractivity contribution < 1.29 is 18.4 Å². The van der Waals surface area contributed by atoms with Crippen LogP contribution < -0.4 is 10.6 Å². The summed E-state index contributed by atoms with van der Waals surface area (Å²) in [5.41, 5.74) is 1.79. The Bertz CT molecular complexity index is 1280. The molecule has 10 heteroatoms. The van der Waals surface area contributed by atoms with E-state index >= 15 is 0 Å². The van der Waals surface area contributed by atoms with Gasteiger partial charge in [0.05, 0.1) is 17.0 Å². The Morgan fingerprint density at radius 3 is 2.59 bits per heavy atom. The molecular formula is C22H17F2N5O2S. The van der Waals surface area contributed by atoms with E-state index in [1.54, 1.807) is 22.7 Å². The lowest BCUT2D eigenvalue weighted by molar-refractivity contribution is -0.113. The molecule has 0 saturated heterocycles. The number of carbonyl (C=O) groups is 2. The summed E-state index contributed by atoms with van der Waals surface area (Å²) in [4.78, 5) is 24.7. The van der Waals surface area contributed by atoms with Crippen molar-refractivity contribution in [3.8, 4) is 0 Å². The van der Waals surface area contributed by atoms with E-state index in [1.807, 2.05) is 30.3 Å². The quantitative estimate of drug-likeness (QED) is 0.417. The van der Waals surface area contributed by atoms with E-state index in [0.29, 0.717) is 29.0 Å². The monoisotopic (exact) mass is 453 g/mol. The van der Waals surface area contributed by atoms with E-state index in [0.717, 1.165) is 29.5 Å². The fraction of sp³-hybridized carbons (Fsp3) is 0.0909. The molecular weight excluding hydrogens is 436 g/mol. The van der Waals surface area contributed by atoms with Gasteiger partial charge in [0.1, 0.15) is 11.6 Å². The van der Waals surface area contributed by atoms with E-state index in [-0.39, 0.29) is 17.3 Å². The van der Waals surface area contributed by atoms with Crippen molar-refractivity contribution >= 4 is 34.9 Å². The van der Waals surface area contributed by atoms with Crippen LogP contribution in [0.2, 0.25) is 0 Å². The van der Waals surface area contributed by atoms with Gasteiger partial charge in [0.15, 0.2) is 10.8 Å².